The third-order valence-corrected chi connectivity index (χ3v) is 9.80. The third-order valence-electron chi connectivity index (χ3n) is 9.80. The van der Waals surface area contributed by atoms with Crippen molar-refractivity contribution in [2.45, 2.75) is 64.2 Å². The summed E-state index contributed by atoms with van der Waals surface area (Å²) in [6.45, 7) is 10.8. The van der Waals surface area contributed by atoms with Crippen molar-refractivity contribution in [2.75, 3.05) is 26.7 Å². The number of aryl methyl sites for hydroxylation is 1. The Morgan fingerprint density at radius 3 is 2.45 bits per heavy atom. The Bertz CT molecular complexity index is 1740. The van der Waals surface area contributed by atoms with Crippen molar-refractivity contribution in [3.63, 3.8) is 0 Å². The standard InChI is InChI=1S/C33H40F3N7O/c1-20(2)28-18-40(5)10-11-42(28)22(4)24-13-27(33(34,35)36)29-37-16-26(30(44)43(29)17-24)23-8-7-9-25(12-23)32(14-21(3)15-32)31-39-38-19-41(31)6/h7-9,12-13,16-17,19-22,28H,10-11,14-15,18H2,1-6H3/t21?,22-,28-,32?/m1/s1. The molecule has 0 N–H and O–H groups in total. The van der Waals surface area contributed by atoms with Crippen LogP contribution in [0.25, 0.3) is 16.8 Å². The van der Waals surface area contributed by atoms with E-state index >= 15 is 0 Å². The Kier molecular flexibility index (Phi) is 7.68. The van der Waals surface area contributed by atoms with Gasteiger partial charge in [0, 0.05) is 51.2 Å². The molecule has 0 bridgehead atoms. The van der Waals surface area contributed by atoms with Crippen molar-refractivity contribution >= 4 is 5.65 Å². The lowest BCUT2D eigenvalue weighted by molar-refractivity contribution is -0.136. The van der Waals surface area contributed by atoms with Crippen LogP contribution in [-0.2, 0) is 18.6 Å². The zero-order chi connectivity index (χ0) is 31.6. The Morgan fingerprint density at radius 2 is 1.82 bits per heavy atom. The van der Waals surface area contributed by atoms with E-state index in [0.717, 1.165) is 48.3 Å². The molecule has 2 fully saturated rings. The highest BCUT2D eigenvalue weighted by atomic mass is 19.4. The van der Waals surface area contributed by atoms with E-state index < -0.39 is 17.3 Å². The quantitative estimate of drug-likeness (QED) is 0.286. The van der Waals surface area contributed by atoms with E-state index in [1.807, 2.05) is 42.8 Å². The van der Waals surface area contributed by atoms with E-state index in [2.05, 4.69) is 52.8 Å². The van der Waals surface area contributed by atoms with Gasteiger partial charge in [-0.05, 0) is 67.5 Å². The minimum absolute atomic E-state index is 0.174. The van der Waals surface area contributed by atoms with Gasteiger partial charge in [0.2, 0.25) is 0 Å². The van der Waals surface area contributed by atoms with Crippen LogP contribution < -0.4 is 5.56 Å². The molecule has 4 aromatic rings. The lowest BCUT2D eigenvalue weighted by Crippen LogP contribution is -2.54. The summed E-state index contributed by atoms with van der Waals surface area (Å²) in [6, 6.07) is 8.71. The van der Waals surface area contributed by atoms with Gasteiger partial charge in [0.25, 0.3) is 5.56 Å². The van der Waals surface area contributed by atoms with Crippen molar-refractivity contribution in [2.24, 2.45) is 18.9 Å². The van der Waals surface area contributed by atoms with Gasteiger partial charge in [-0.3, -0.25) is 14.1 Å². The molecule has 4 heterocycles. The first kappa shape index (κ1) is 30.5. The van der Waals surface area contributed by atoms with Crippen LogP contribution in [0.15, 0.2) is 53.8 Å². The highest BCUT2D eigenvalue weighted by Crippen LogP contribution is 2.51. The van der Waals surface area contributed by atoms with Gasteiger partial charge in [-0.15, -0.1) is 10.2 Å². The number of halogens is 3. The minimum atomic E-state index is -4.68. The smallest absolute Gasteiger partial charge is 0.320 e. The number of aromatic nitrogens is 5. The molecule has 2 atom stereocenters. The van der Waals surface area contributed by atoms with Gasteiger partial charge >= 0.3 is 6.18 Å². The van der Waals surface area contributed by atoms with E-state index in [0.29, 0.717) is 23.0 Å². The van der Waals surface area contributed by atoms with E-state index in [4.69, 9.17) is 0 Å². The first-order chi connectivity index (χ1) is 20.8. The number of hydrogen-bond acceptors (Lipinski definition) is 6. The Hall–Kier alpha value is -3.57. The molecular formula is C33H40F3N7O. The number of nitrogens with zero attached hydrogens (tertiary/aromatic N) is 7. The van der Waals surface area contributed by atoms with Crippen molar-refractivity contribution in [3.05, 3.63) is 81.9 Å². The van der Waals surface area contributed by atoms with Crippen LogP contribution in [0.2, 0.25) is 0 Å². The maximum Gasteiger partial charge on any atom is 0.419 e. The maximum atomic E-state index is 14.5. The molecule has 0 amide bonds. The second-order valence-corrected chi connectivity index (χ2v) is 13.3. The van der Waals surface area contributed by atoms with Crippen LogP contribution in [0.1, 0.15) is 69.1 Å². The molecule has 44 heavy (non-hydrogen) atoms. The molecule has 1 saturated heterocycles. The van der Waals surface area contributed by atoms with Gasteiger partial charge in [-0.2, -0.15) is 13.2 Å². The summed E-state index contributed by atoms with van der Waals surface area (Å²) in [4.78, 5) is 22.8. The molecule has 1 aromatic carbocycles. The summed E-state index contributed by atoms with van der Waals surface area (Å²) in [5, 5.41) is 8.52. The fourth-order valence-corrected chi connectivity index (χ4v) is 7.45. The Morgan fingerprint density at radius 1 is 1.07 bits per heavy atom. The molecule has 1 aliphatic carbocycles. The molecule has 11 heteroatoms. The summed E-state index contributed by atoms with van der Waals surface area (Å²) in [5.41, 5.74) is 0.146. The molecule has 3 aromatic heterocycles. The van der Waals surface area contributed by atoms with E-state index in [9.17, 15) is 18.0 Å². The number of pyridine rings is 1. The lowest BCUT2D eigenvalue weighted by Gasteiger charge is -2.46. The second-order valence-electron chi connectivity index (χ2n) is 13.3. The maximum absolute atomic E-state index is 14.5. The average molecular weight is 608 g/mol. The molecule has 2 aliphatic rings. The first-order valence-corrected chi connectivity index (χ1v) is 15.3. The second kappa shape index (κ2) is 11.1. The number of piperazine rings is 1. The van der Waals surface area contributed by atoms with E-state index in [1.165, 1.54) is 12.3 Å². The molecule has 0 spiro atoms. The highest BCUT2D eigenvalue weighted by molar-refractivity contribution is 5.66. The van der Waals surface area contributed by atoms with Crippen LogP contribution in [0.3, 0.4) is 0 Å². The minimum Gasteiger partial charge on any atom is -0.320 e. The lowest BCUT2D eigenvalue weighted by atomic mass is 9.58. The SMILES string of the molecule is CC1CC(c2cccc(-c3cnc4c(C(F)(F)F)cc([C@@H](C)N5CCN(C)C[C@@H]5C(C)C)cn4c3=O)c2)(c2nncn2C)C1. The van der Waals surface area contributed by atoms with Gasteiger partial charge in [0.15, 0.2) is 5.65 Å². The third kappa shape index (κ3) is 5.13. The first-order valence-electron chi connectivity index (χ1n) is 15.3. The average Bonchev–Trinajstić information content (AvgIpc) is 3.40. The predicted octanol–water partition coefficient (Wildman–Crippen LogP) is 5.56. The molecule has 6 rings (SSSR count). The van der Waals surface area contributed by atoms with Gasteiger partial charge < -0.3 is 9.47 Å². The van der Waals surface area contributed by atoms with Crippen molar-refractivity contribution < 1.29 is 13.2 Å². The largest absolute Gasteiger partial charge is 0.419 e. The summed E-state index contributed by atoms with van der Waals surface area (Å²) >= 11 is 0. The molecular weight excluding hydrogens is 567 g/mol. The van der Waals surface area contributed by atoms with E-state index in [1.54, 1.807) is 12.5 Å². The number of alkyl halides is 3. The number of likely N-dealkylation sites (N-methyl/N-ethyl adjacent to an activating group) is 1. The Balaban J connectivity index is 1.46. The van der Waals surface area contributed by atoms with E-state index in [-0.39, 0.29) is 28.7 Å². The van der Waals surface area contributed by atoms with Crippen molar-refractivity contribution in [1.82, 2.24) is 33.9 Å². The molecule has 0 unspecified atom stereocenters. The molecule has 234 valence electrons. The molecule has 0 radical (unpaired) electrons. The van der Waals surface area contributed by atoms with Crippen LogP contribution in [0.5, 0.6) is 0 Å². The van der Waals surface area contributed by atoms with Gasteiger partial charge in [-0.1, -0.05) is 39.0 Å². The number of benzene rings is 1. The normalized spacial score (nSPS) is 24.1. The van der Waals surface area contributed by atoms with Crippen molar-refractivity contribution in [3.8, 4) is 11.1 Å². The highest BCUT2D eigenvalue weighted by Gasteiger charge is 2.48. The van der Waals surface area contributed by atoms with Crippen LogP contribution in [0, 0.1) is 11.8 Å². The van der Waals surface area contributed by atoms with Crippen LogP contribution >= 0.6 is 0 Å². The monoisotopic (exact) mass is 607 g/mol. The summed E-state index contributed by atoms with van der Waals surface area (Å²) in [5.74, 6) is 1.67. The molecule has 1 saturated carbocycles. The van der Waals surface area contributed by atoms with Gasteiger partial charge in [-0.25, -0.2) is 4.98 Å². The molecule has 1 aliphatic heterocycles. The summed E-state index contributed by atoms with van der Waals surface area (Å²) in [6.07, 6.45) is 1.62. The van der Waals surface area contributed by atoms with Crippen LogP contribution in [-0.4, -0.2) is 66.7 Å². The fourth-order valence-electron chi connectivity index (χ4n) is 7.45. The topological polar surface area (TPSA) is 71.6 Å². The summed E-state index contributed by atoms with van der Waals surface area (Å²) < 4.78 is 46.4. The zero-order valence-electron chi connectivity index (χ0n) is 26.1. The van der Waals surface area contributed by atoms with Crippen molar-refractivity contribution in [1.29, 1.82) is 0 Å². The Labute approximate surface area is 255 Å². The van der Waals surface area contributed by atoms with Gasteiger partial charge in [0.1, 0.15) is 12.2 Å². The van der Waals surface area contributed by atoms with Gasteiger partial charge in [0.05, 0.1) is 16.5 Å². The fraction of sp³-hybridized carbons (Fsp3) is 0.515. The zero-order valence-corrected chi connectivity index (χ0v) is 26.1. The number of rotatable bonds is 6. The van der Waals surface area contributed by atoms with Crippen LogP contribution in [0.4, 0.5) is 13.2 Å². The molecule has 8 nitrogen and oxygen atoms in total. The summed E-state index contributed by atoms with van der Waals surface area (Å²) in [7, 11) is 3.99. The number of hydrogen-bond donors (Lipinski definition) is 0. The predicted molar refractivity (Wildman–Crippen MR) is 163 cm³/mol. The number of fused-ring (bicyclic) bond motifs is 1.